The second-order valence-corrected chi connectivity index (χ2v) is 6.41. The Kier molecular flexibility index (Phi) is 17.0. The van der Waals surface area contributed by atoms with Crippen LogP contribution in [0.5, 0.6) is 0 Å². The predicted molar refractivity (Wildman–Crippen MR) is 117 cm³/mol. The average molecular weight is 365 g/mol. The van der Waals surface area contributed by atoms with E-state index in [4.69, 9.17) is 11.5 Å². The van der Waals surface area contributed by atoms with E-state index < -0.39 is 0 Å². The molecule has 144 valence electrons. The molecule has 0 saturated heterocycles. The van der Waals surface area contributed by atoms with Crippen LogP contribution in [-0.4, -0.2) is 0 Å². The van der Waals surface area contributed by atoms with Crippen LogP contribution in [0.25, 0.3) is 0 Å². The highest BCUT2D eigenvalue weighted by Gasteiger charge is 2.03. The molecule has 0 fully saturated rings. The van der Waals surface area contributed by atoms with Crippen LogP contribution in [0.4, 0.5) is 0 Å². The summed E-state index contributed by atoms with van der Waals surface area (Å²) in [6.45, 7) is 16.4. The van der Waals surface area contributed by atoms with Crippen molar-refractivity contribution in [1.82, 2.24) is 0 Å². The molecule has 0 bridgehead atoms. The third-order valence-electron chi connectivity index (χ3n) is 3.47. The van der Waals surface area contributed by atoms with Gasteiger partial charge >= 0.3 is 0 Å². The fourth-order valence-electron chi connectivity index (χ4n) is 1.99. The van der Waals surface area contributed by atoms with Gasteiger partial charge in [-0.3, -0.25) is 0 Å². The van der Waals surface area contributed by atoms with E-state index in [1.165, 1.54) is 21.6 Å². The predicted octanol–water partition coefficient (Wildman–Crippen LogP) is 6.92. The SMILES string of the molecule is CC.CC.CCC(N)c1cc(C)cs1.CCC(N)c1cccc(C)c1. The lowest BCUT2D eigenvalue weighted by atomic mass is 10.0. The highest BCUT2D eigenvalue weighted by atomic mass is 32.1. The fourth-order valence-corrected chi connectivity index (χ4v) is 2.97. The summed E-state index contributed by atoms with van der Waals surface area (Å²) in [5.41, 5.74) is 15.5. The zero-order valence-corrected chi connectivity index (χ0v) is 18.4. The Bertz CT molecular complexity index is 534. The molecule has 25 heavy (non-hydrogen) atoms. The lowest BCUT2D eigenvalue weighted by molar-refractivity contribution is 0.698. The molecule has 0 saturated carbocycles. The Morgan fingerprint density at radius 1 is 0.840 bits per heavy atom. The van der Waals surface area contributed by atoms with Gasteiger partial charge in [0.15, 0.2) is 0 Å². The maximum atomic E-state index is 5.86. The summed E-state index contributed by atoms with van der Waals surface area (Å²) in [7, 11) is 0. The molecule has 2 atom stereocenters. The smallest absolute Gasteiger partial charge is 0.0387 e. The Morgan fingerprint density at radius 3 is 1.80 bits per heavy atom. The van der Waals surface area contributed by atoms with Gasteiger partial charge in [0.2, 0.25) is 0 Å². The van der Waals surface area contributed by atoms with Crippen LogP contribution in [0, 0.1) is 13.8 Å². The maximum Gasteiger partial charge on any atom is 0.0387 e. The molecule has 1 aromatic heterocycles. The maximum absolute atomic E-state index is 5.86. The molecule has 1 heterocycles. The standard InChI is InChI=1S/C10H15N.C8H13NS.2C2H6/c1-3-10(11)9-6-4-5-8(2)7-9;1-3-7(9)8-4-6(2)5-10-8;2*1-2/h4-7,10H,3,11H2,1-2H3;4-5,7H,3,9H2,1-2H3;2*1-2H3. The largest absolute Gasteiger partial charge is 0.324 e. The summed E-state index contributed by atoms with van der Waals surface area (Å²) in [6, 6.07) is 11.0. The molecule has 0 amide bonds. The van der Waals surface area contributed by atoms with Crippen LogP contribution < -0.4 is 11.5 Å². The van der Waals surface area contributed by atoms with Crippen LogP contribution in [0.2, 0.25) is 0 Å². The van der Waals surface area contributed by atoms with Crippen molar-refractivity contribution in [1.29, 1.82) is 0 Å². The number of hydrogen-bond acceptors (Lipinski definition) is 3. The zero-order valence-electron chi connectivity index (χ0n) is 17.6. The van der Waals surface area contributed by atoms with Crippen LogP contribution >= 0.6 is 11.3 Å². The minimum absolute atomic E-state index is 0.204. The van der Waals surface area contributed by atoms with Crippen molar-refractivity contribution in [3.05, 3.63) is 57.3 Å². The molecule has 4 N–H and O–H groups in total. The first-order chi connectivity index (χ1) is 12.0. The molecule has 0 radical (unpaired) electrons. The normalized spacial score (nSPS) is 11.6. The second-order valence-electron chi connectivity index (χ2n) is 5.47. The van der Waals surface area contributed by atoms with E-state index in [0.717, 1.165) is 12.8 Å². The second kappa shape index (κ2) is 16.3. The van der Waals surface area contributed by atoms with Gasteiger partial charge in [0.1, 0.15) is 0 Å². The first-order valence-electron chi connectivity index (χ1n) is 9.60. The number of rotatable bonds is 4. The summed E-state index contributed by atoms with van der Waals surface area (Å²) >= 11 is 1.76. The highest BCUT2D eigenvalue weighted by molar-refractivity contribution is 7.10. The van der Waals surface area contributed by atoms with E-state index in [-0.39, 0.29) is 12.1 Å². The van der Waals surface area contributed by atoms with Crippen molar-refractivity contribution in [2.24, 2.45) is 11.5 Å². The minimum atomic E-state index is 0.204. The molecule has 2 nitrogen and oxygen atoms in total. The molecule has 0 spiro atoms. The molecular weight excluding hydrogens is 324 g/mol. The first-order valence-corrected chi connectivity index (χ1v) is 10.5. The third kappa shape index (κ3) is 11.1. The average Bonchev–Trinajstić information content (AvgIpc) is 3.10. The lowest BCUT2D eigenvalue weighted by Crippen LogP contribution is -2.08. The summed E-state index contributed by atoms with van der Waals surface area (Å²) in [5, 5.41) is 2.14. The molecule has 0 aliphatic rings. The van der Waals surface area contributed by atoms with Gasteiger partial charge < -0.3 is 11.5 Å². The zero-order chi connectivity index (χ0) is 19.8. The number of thiophene rings is 1. The summed E-state index contributed by atoms with van der Waals surface area (Å²) in [4.78, 5) is 1.31. The molecule has 0 aliphatic carbocycles. The van der Waals surface area contributed by atoms with Gasteiger partial charge in [0.05, 0.1) is 0 Å². The number of aryl methyl sites for hydroxylation is 2. The molecule has 0 aliphatic heterocycles. The van der Waals surface area contributed by atoms with Crippen LogP contribution in [0.15, 0.2) is 35.7 Å². The number of hydrogen-bond donors (Lipinski definition) is 2. The molecule has 2 rings (SSSR count). The van der Waals surface area contributed by atoms with E-state index in [1.807, 2.05) is 27.7 Å². The van der Waals surface area contributed by atoms with Gasteiger partial charge in [-0.25, -0.2) is 0 Å². The van der Waals surface area contributed by atoms with Crippen LogP contribution in [0.3, 0.4) is 0 Å². The lowest BCUT2D eigenvalue weighted by Gasteiger charge is -2.08. The molecule has 2 aromatic rings. The van der Waals surface area contributed by atoms with Crippen molar-refractivity contribution >= 4 is 11.3 Å². The topological polar surface area (TPSA) is 52.0 Å². The summed E-state index contributed by atoms with van der Waals surface area (Å²) in [6.07, 6.45) is 2.03. The van der Waals surface area contributed by atoms with Crippen molar-refractivity contribution in [2.45, 2.75) is 80.3 Å². The van der Waals surface area contributed by atoms with Crippen molar-refractivity contribution < 1.29 is 0 Å². The Morgan fingerprint density at radius 2 is 1.40 bits per heavy atom. The number of nitrogens with two attached hydrogens (primary N) is 2. The van der Waals surface area contributed by atoms with E-state index >= 15 is 0 Å². The fraction of sp³-hybridized carbons (Fsp3) is 0.545. The monoisotopic (exact) mass is 364 g/mol. The first kappa shape index (κ1) is 26.1. The van der Waals surface area contributed by atoms with Crippen molar-refractivity contribution in [3.8, 4) is 0 Å². The third-order valence-corrected chi connectivity index (χ3v) is 4.65. The van der Waals surface area contributed by atoms with E-state index in [0.29, 0.717) is 0 Å². The van der Waals surface area contributed by atoms with Gasteiger partial charge in [0, 0.05) is 17.0 Å². The quantitative estimate of drug-likeness (QED) is 0.618. The Balaban J connectivity index is 0. The van der Waals surface area contributed by atoms with Crippen LogP contribution in [0.1, 0.15) is 88.0 Å². The van der Waals surface area contributed by atoms with E-state index in [1.54, 1.807) is 11.3 Å². The van der Waals surface area contributed by atoms with Gasteiger partial charge in [0.25, 0.3) is 0 Å². The van der Waals surface area contributed by atoms with Gasteiger partial charge in [-0.15, -0.1) is 11.3 Å². The molecule has 1 aromatic carbocycles. The minimum Gasteiger partial charge on any atom is -0.324 e. The molecule has 3 heteroatoms. The highest BCUT2D eigenvalue weighted by Crippen LogP contribution is 2.21. The summed E-state index contributed by atoms with van der Waals surface area (Å²) < 4.78 is 0. The van der Waals surface area contributed by atoms with E-state index in [2.05, 4.69) is 63.4 Å². The Hall–Kier alpha value is -1.16. The van der Waals surface area contributed by atoms with Crippen LogP contribution in [-0.2, 0) is 0 Å². The number of benzene rings is 1. The van der Waals surface area contributed by atoms with Gasteiger partial charge in [-0.1, -0.05) is 71.4 Å². The van der Waals surface area contributed by atoms with E-state index in [9.17, 15) is 0 Å². The Labute approximate surface area is 160 Å². The van der Waals surface area contributed by atoms with Gasteiger partial charge in [-0.2, -0.15) is 0 Å². The molecular formula is C22H40N2S. The van der Waals surface area contributed by atoms with Crippen molar-refractivity contribution in [3.63, 3.8) is 0 Å². The van der Waals surface area contributed by atoms with Crippen molar-refractivity contribution in [2.75, 3.05) is 0 Å². The summed E-state index contributed by atoms with van der Waals surface area (Å²) in [5.74, 6) is 0. The van der Waals surface area contributed by atoms with Gasteiger partial charge in [-0.05, 0) is 49.3 Å². The molecule has 2 unspecified atom stereocenters.